The fraction of sp³-hybridized carbons (Fsp3) is 0.316. The quantitative estimate of drug-likeness (QED) is 0.850. The maximum atomic E-state index is 12.9. The maximum Gasteiger partial charge on any atom is 0.220 e. The molecule has 5 heteroatoms. The molecule has 0 aliphatic carbocycles. The summed E-state index contributed by atoms with van der Waals surface area (Å²) in [6.07, 6.45) is 0.227. The maximum absolute atomic E-state index is 12.9. The van der Waals surface area contributed by atoms with E-state index < -0.39 is 5.60 Å². The van der Waals surface area contributed by atoms with Crippen LogP contribution in [0, 0.1) is 11.6 Å². The molecular weight excluding hydrogens is 312 g/mol. The second kappa shape index (κ2) is 7.53. The van der Waals surface area contributed by atoms with E-state index in [9.17, 15) is 18.7 Å². The van der Waals surface area contributed by atoms with Crippen molar-refractivity contribution in [3.8, 4) is 0 Å². The number of rotatable bonds is 6. The van der Waals surface area contributed by atoms with Gasteiger partial charge < -0.3 is 10.4 Å². The lowest BCUT2D eigenvalue weighted by Gasteiger charge is -2.24. The van der Waals surface area contributed by atoms with Crippen LogP contribution in [-0.2, 0) is 10.4 Å². The SMILES string of the molecule is CC(CC(=O)NCC(C)(O)c1ccc(F)cc1)c1ccc(F)cc1. The molecule has 2 N–H and O–H groups in total. The topological polar surface area (TPSA) is 49.3 Å². The van der Waals surface area contributed by atoms with Crippen LogP contribution < -0.4 is 5.32 Å². The molecular formula is C19H21F2NO2. The minimum Gasteiger partial charge on any atom is -0.384 e. The smallest absolute Gasteiger partial charge is 0.220 e. The molecule has 3 nitrogen and oxygen atoms in total. The Morgan fingerprint density at radius 2 is 1.58 bits per heavy atom. The summed E-state index contributed by atoms with van der Waals surface area (Å²) in [6, 6.07) is 11.5. The van der Waals surface area contributed by atoms with Crippen molar-refractivity contribution in [2.45, 2.75) is 31.8 Å². The Morgan fingerprint density at radius 3 is 2.12 bits per heavy atom. The van der Waals surface area contributed by atoms with Gasteiger partial charge in [-0.15, -0.1) is 0 Å². The molecule has 0 bridgehead atoms. The lowest BCUT2D eigenvalue weighted by Crippen LogP contribution is -2.38. The largest absolute Gasteiger partial charge is 0.384 e. The predicted octanol–water partition coefficient (Wildman–Crippen LogP) is 3.48. The number of benzene rings is 2. The Bertz CT molecular complexity index is 682. The highest BCUT2D eigenvalue weighted by atomic mass is 19.1. The van der Waals surface area contributed by atoms with Gasteiger partial charge in [0, 0.05) is 6.42 Å². The molecule has 1 amide bonds. The average molecular weight is 333 g/mol. The highest BCUT2D eigenvalue weighted by molar-refractivity contribution is 5.76. The number of hydrogen-bond acceptors (Lipinski definition) is 2. The molecule has 0 fully saturated rings. The molecule has 0 radical (unpaired) electrons. The van der Waals surface area contributed by atoms with Crippen LogP contribution in [0.15, 0.2) is 48.5 Å². The Balaban J connectivity index is 1.90. The zero-order chi connectivity index (χ0) is 17.7. The second-order valence-corrected chi connectivity index (χ2v) is 6.21. The lowest BCUT2D eigenvalue weighted by atomic mass is 9.95. The minimum atomic E-state index is -1.29. The first kappa shape index (κ1) is 18.1. The van der Waals surface area contributed by atoms with Gasteiger partial charge in [0.15, 0.2) is 0 Å². The van der Waals surface area contributed by atoms with Gasteiger partial charge in [-0.05, 0) is 48.2 Å². The third-order valence-corrected chi connectivity index (χ3v) is 4.03. The van der Waals surface area contributed by atoms with Gasteiger partial charge in [-0.2, -0.15) is 0 Å². The van der Waals surface area contributed by atoms with Gasteiger partial charge in [0.25, 0.3) is 0 Å². The van der Waals surface area contributed by atoms with Gasteiger partial charge >= 0.3 is 0 Å². The van der Waals surface area contributed by atoms with Crippen molar-refractivity contribution in [1.29, 1.82) is 0 Å². The van der Waals surface area contributed by atoms with Gasteiger partial charge in [0.2, 0.25) is 5.91 Å². The van der Waals surface area contributed by atoms with Gasteiger partial charge in [0.1, 0.15) is 17.2 Å². The first-order valence-electron chi connectivity index (χ1n) is 7.78. The van der Waals surface area contributed by atoms with Crippen molar-refractivity contribution in [3.63, 3.8) is 0 Å². The summed E-state index contributed by atoms with van der Waals surface area (Å²) in [4.78, 5) is 12.1. The standard InChI is InChI=1S/C19H21F2NO2/c1-13(14-3-7-16(20)8-4-14)11-18(23)22-12-19(2,24)15-5-9-17(21)10-6-15/h3-10,13,24H,11-12H2,1-2H3,(H,22,23). The Hall–Kier alpha value is -2.27. The number of amides is 1. The molecule has 0 aliphatic rings. The van der Waals surface area contributed by atoms with Crippen LogP contribution >= 0.6 is 0 Å². The van der Waals surface area contributed by atoms with Crippen molar-refractivity contribution in [3.05, 3.63) is 71.3 Å². The van der Waals surface area contributed by atoms with E-state index in [1.807, 2.05) is 6.92 Å². The average Bonchev–Trinajstić information content (AvgIpc) is 2.54. The molecule has 2 rings (SSSR count). The van der Waals surface area contributed by atoms with E-state index >= 15 is 0 Å². The van der Waals surface area contributed by atoms with Gasteiger partial charge in [-0.25, -0.2) is 8.78 Å². The Labute approximate surface area is 140 Å². The zero-order valence-electron chi connectivity index (χ0n) is 13.7. The Morgan fingerprint density at radius 1 is 1.08 bits per heavy atom. The summed E-state index contributed by atoms with van der Waals surface area (Å²) < 4.78 is 25.9. The summed E-state index contributed by atoms with van der Waals surface area (Å²) in [5, 5.41) is 13.1. The molecule has 0 spiro atoms. The molecule has 2 unspecified atom stereocenters. The summed E-state index contributed by atoms with van der Waals surface area (Å²) in [5.41, 5.74) is 0.107. The van der Waals surface area contributed by atoms with Crippen LogP contribution in [0.25, 0.3) is 0 Å². The third-order valence-electron chi connectivity index (χ3n) is 4.03. The van der Waals surface area contributed by atoms with Gasteiger partial charge in [-0.3, -0.25) is 4.79 Å². The number of nitrogens with one attached hydrogen (secondary N) is 1. The molecule has 0 heterocycles. The molecule has 0 saturated carbocycles. The minimum absolute atomic E-state index is 0.0214. The van der Waals surface area contributed by atoms with Crippen molar-refractivity contribution < 1.29 is 18.7 Å². The second-order valence-electron chi connectivity index (χ2n) is 6.21. The summed E-state index contributed by atoms with van der Waals surface area (Å²) in [7, 11) is 0. The van der Waals surface area contributed by atoms with Crippen LogP contribution in [0.5, 0.6) is 0 Å². The summed E-state index contributed by atoms with van der Waals surface area (Å²) >= 11 is 0. The fourth-order valence-electron chi connectivity index (χ4n) is 2.44. The molecule has 0 saturated heterocycles. The molecule has 0 aliphatic heterocycles. The van der Waals surface area contributed by atoms with Crippen LogP contribution in [-0.4, -0.2) is 17.6 Å². The predicted molar refractivity (Wildman–Crippen MR) is 88.4 cm³/mol. The highest BCUT2D eigenvalue weighted by Crippen LogP contribution is 2.21. The van der Waals surface area contributed by atoms with E-state index in [-0.39, 0.29) is 36.4 Å². The molecule has 2 aromatic carbocycles. The van der Waals surface area contributed by atoms with Crippen LogP contribution in [0.3, 0.4) is 0 Å². The van der Waals surface area contributed by atoms with Crippen molar-refractivity contribution in [2.24, 2.45) is 0 Å². The molecule has 24 heavy (non-hydrogen) atoms. The van der Waals surface area contributed by atoms with E-state index in [4.69, 9.17) is 0 Å². The number of carbonyl (C=O) groups excluding carboxylic acids is 1. The van der Waals surface area contributed by atoms with E-state index in [2.05, 4.69) is 5.32 Å². The fourth-order valence-corrected chi connectivity index (χ4v) is 2.44. The van der Waals surface area contributed by atoms with Crippen molar-refractivity contribution >= 4 is 5.91 Å². The van der Waals surface area contributed by atoms with Crippen molar-refractivity contribution in [1.82, 2.24) is 5.32 Å². The zero-order valence-corrected chi connectivity index (χ0v) is 13.7. The Kier molecular flexibility index (Phi) is 5.67. The van der Waals surface area contributed by atoms with E-state index in [1.165, 1.54) is 36.4 Å². The summed E-state index contributed by atoms with van der Waals surface area (Å²) in [6.45, 7) is 3.46. The molecule has 2 atom stereocenters. The van der Waals surface area contributed by atoms with E-state index in [0.717, 1.165) is 5.56 Å². The van der Waals surface area contributed by atoms with E-state index in [0.29, 0.717) is 5.56 Å². The number of aliphatic hydroxyl groups is 1. The van der Waals surface area contributed by atoms with Gasteiger partial charge in [-0.1, -0.05) is 31.2 Å². The van der Waals surface area contributed by atoms with Crippen LogP contribution in [0.1, 0.15) is 37.3 Å². The first-order valence-corrected chi connectivity index (χ1v) is 7.78. The molecule has 2 aromatic rings. The van der Waals surface area contributed by atoms with Crippen LogP contribution in [0.4, 0.5) is 8.78 Å². The van der Waals surface area contributed by atoms with E-state index in [1.54, 1.807) is 19.1 Å². The first-order chi connectivity index (χ1) is 11.3. The monoisotopic (exact) mass is 333 g/mol. The summed E-state index contributed by atoms with van der Waals surface area (Å²) in [5.74, 6) is -0.979. The number of hydrogen-bond donors (Lipinski definition) is 2. The third kappa shape index (κ3) is 4.86. The van der Waals surface area contributed by atoms with Crippen LogP contribution in [0.2, 0.25) is 0 Å². The lowest BCUT2D eigenvalue weighted by molar-refractivity contribution is -0.122. The molecule has 0 aromatic heterocycles. The number of halogens is 2. The van der Waals surface area contributed by atoms with Gasteiger partial charge in [0.05, 0.1) is 6.54 Å². The normalized spacial score (nSPS) is 14.7. The van der Waals surface area contributed by atoms with Crippen molar-refractivity contribution in [2.75, 3.05) is 6.54 Å². The number of carbonyl (C=O) groups is 1. The highest BCUT2D eigenvalue weighted by Gasteiger charge is 2.24. The molecule has 128 valence electrons.